The Morgan fingerprint density at radius 1 is 1.02 bits per heavy atom. The highest BCUT2D eigenvalue weighted by Gasteiger charge is 2.38. The summed E-state index contributed by atoms with van der Waals surface area (Å²) in [6, 6.07) is 19.3. The monoisotopic (exact) mass is 564 g/mol. The predicted molar refractivity (Wildman–Crippen MR) is 153 cm³/mol. The zero-order valence-electron chi connectivity index (χ0n) is 22.5. The van der Waals surface area contributed by atoms with Crippen LogP contribution in [0.5, 0.6) is 5.75 Å². The number of H-pyrrole nitrogens is 1. The first-order valence-electron chi connectivity index (χ1n) is 13.7. The number of halogens is 3. The topological polar surface area (TPSA) is 99.5 Å². The van der Waals surface area contributed by atoms with Gasteiger partial charge in [0.05, 0.1) is 22.2 Å². The lowest BCUT2D eigenvalue weighted by Gasteiger charge is -2.38. The molecule has 2 heterocycles. The number of carbonyl (C=O) groups is 1. The van der Waals surface area contributed by atoms with E-state index in [0.717, 1.165) is 49.8 Å². The van der Waals surface area contributed by atoms with Crippen molar-refractivity contribution >= 4 is 34.0 Å². The number of para-hydroxylation sites is 1. The summed E-state index contributed by atoms with van der Waals surface area (Å²) in [6.45, 7) is 3.93. The number of rotatable bonds is 7. The standard InChI is InChI=1S/C30H31F3N6O2/c1-18(30(31,32)33)41-26-17-20(15-24-27(26)28(34)37-36-24)19-7-10-23(29(40)35-21-8-9-21)25(16-19)39-13-11-38(12-14-39)22-5-3-2-4-6-22/h2-7,10,15-18,21H,8-9,11-14H2,1H3,(H,35,40)(H3,34,36,37). The fraction of sp³-hybridized carbons (Fsp3) is 0.333. The van der Waals surface area contributed by atoms with Gasteiger partial charge in [0.25, 0.3) is 5.91 Å². The molecule has 1 saturated heterocycles. The number of fused-ring (bicyclic) bond motifs is 1. The molecular formula is C30H31F3N6O2. The Bertz CT molecular complexity index is 1560. The van der Waals surface area contributed by atoms with Crippen LogP contribution in [0.2, 0.25) is 0 Å². The number of nitrogens with two attached hydrogens (primary N) is 1. The zero-order valence-corrected chi connectivity index (χ0v) is 22.5. The molecular weight excluding hydrogens is 533 g/mol. The van der Waals surface area contributed by atoms with Crippen molar-refractivity contribution in [1.82, 2.24) is 15.5 Å². The summed E-state index contributed by atoms with van der Waals surface area (Å²) in [5.41, 5.74) is 10.3. The maximum atomic E-state index is 13.4. The second-order valence-corrected chi connectivity index (χ2v) is 10.6. The number of alkyl halides is 3. The normalized spacial score (nSPS) is 16.6. The number of nitrogens with one attached hydrogen (secondary N) is 2. The SMILES string of the molecule is CC(Oc1cc(-c2ccc(C(=O)NC3CC3)c(N3CCN(c4ccccc4)CC3)c2)cc2[nH]nc(N)c12)C(F)(F)F. The highest BCUT2D eigenvalue weighted by Crippen LogP contribution is 2.38. The van der Waals surface area contributed by atoms with Crippen LogP contribution in [0.25, 0.3) is 22.0 Å². The fourth-order valence-corrected chi connectivity index (χ4v) is 5.16. The number of aromatic amines is 1. The van der Waals surface area contributed by atoms with Gasteiger partial charge in [-0.15, -0.1) is 0 Å². The predicted octanol–water partition coefficient (Wildman–Crippen LogP) is 5.36. The van der Waals surface area contributed by atoms with Gasteiger partial charge in [-0.3, -0.25) is 9.89 Å². The molecule has 4 aromatic rings. The number of anilines is 3. The van der Waals surface area contributed by atoms with Gasteiger partial charge in [0.15, 0.2) is 11.9 Å². The van der Waals surface area contributed by atoms with Crippen molar-refractivity contribution in [2.45, 2.75) is 38.1 Å². The van der Waals surface area contributed by atoms with E-state index in [0.29, 0.717) is 35.1 Å². The highest BCUT2D eigenvalue weighted by atomic mass is 19.4. The first-order valence-corrected chi connectivity index (χ1v) is 13.7. The molecule has 1 aliphatic heterocycles. The first kappa shape index (κ1) is 26.8. The van der Waals surface area contributed by atoms with E-state index in [9.17, 15) is 18.0 Å². The molecule has 0 radical (unpaired) electrons. The van der Waals surface area contributed by atoms with Gasteiger partial charge in [0, 0.05) is 37.9 Å². The van der Waals surface area contributed by atoms with E-state index in [4.69, 9.17) is 10.5 Å². The van der Waals surface area contributed by atoms with Gasteiger partial charge in [0.2, 0.25) is 0 Å². The number of ether oxygens (including phenoxy) is 1. The quantitative estimate of drug-likeness (QED) is 0.280. The van der Waals surface area contributed by atoms with Crippen molar-refractivity contribution in [2.75, 3.05) is 41.7 Å². The minimum atomic E-state index is -4.55. The molecule has 8 nitrogen and oxygen atoms in total. The van der Waals surface area contributed by atoms with E-state index < -0.39 is 12.3 Å². The van der Waals surface area contributed by atoms with Gasteiger partial charge < -0.3 is 25.6 Å². The van der Waals surface area contributed by atoms with Crippen LogP contribution in [-0.4, -0.2) is 60.6 Å². The van der Waals surface area contributed by atoms with E-state index >= 15 is 0 Å². The zero-order chi connectivity index (χ0) is 28.7. The summed E-state index contributed by atoms with van der Waals surface area (Å²) in [6.07, 6.45) is -4.64. The number of hydrogen-bond donors (Lipinski definition) is 3. The lowest BCUT2D eigenvalue weighted by molar-refractivity contribution is -0.188. The number of benzene rings is 3. The van der Waals surface area contributed by atoms with Crippen LogP contribution in [0.1, 0.15) is 30.1 Å². The molecule has 1 amide bonds. The van der Waals surface area contributed by atoms with Gasteiger partial charge >= 0.3 is 6.18 Å². The average molecular weight is 565 g/mol. The Balaban J connectivity index is 1.36. The molecule has 0 bridgehead atoms. The minimum Gasteiger partial charge on any atom is -0.480 e. The number of nitrogen functional groups attached to an aromatic ring is 1. The second kappa shape index (κ2) is 10.5. The molecule has 1 aromatic heterocycles. The lowest BCUT2D eigenvalue weighted by atomic mass is 9.99. The average Bonchev–Trinajstić information content (AvgIpc) is 3.71. The van der Waals surface area contributed by atoms with E-state index in [1.54, 1.807) is 18.2 Å². The molecule has 0 spiro atoms. The molecule has 3 aromatic carbocycles. The number of aromatic nitrogens is 2. The Hall–Kier alpha value is -4.41. The minimum absolute atomic E-state index is 0.0119. The second-order valence-electron chi connectivity index (χ2n) is 10.6. The summed E-state index contributed by atoms with van der Waals surface area (Å²) in [5, 5.41) is 10.2. The molecule has 6 rings (SSSR count). The van der Waals surface area contributed by atoms with Crippen LogP contribution in [-0.2, 0) is 0 Å². The number of carbonyl (C=O) groups excluding carboxylic acids is 1. The number of hydrogen-bond acceptors (Lipinski definition) is 6. The Morgan fingerprint density at radius 2 is 1.73 bits per heavy atom. The third kappa shape index (κ3) is 5.61. The lowest BCUT2D eigenvalue weighted by Crippen LogP contribution is -2.47. The van der Waals surface area contributed by atoms with Crippen molar-refractivity contribution in [3.63, 3.8) is 0 Å². The van der Waals surface area contributed by atoms with E-state index in [2.05, 4.69) is 37.4 Å². The Labute approximate surface area is 235 Å². The molecule has 1 aliphatic carbocycles. The van der Waals surface area contributed by atoms with Gasteiger partial charge in [-0.2, -0.15) is 18.3 Å². The number of amides is 1. The molecule has 4 N–H and O–H groups in total. The highest BCUT2D eigenvalue weighted by molar-refractivity contribution is 6.02. The molecule has 2 aliphatic rings. The van der Waals surface area contributed by atoms with Gasteiger partial charge in [-0.1, -0.05) is 24.3 Å². The van der Waals surface area contributed by atoms with Crippen LogP contribution >= 0.6 is 0 Å². The van der Waals surface area contributed by atoms with Crippen LogP contribution in [0.15, 0.2) is 60.7 Å². The van der Waals surface area contributed by atoms with E-state index in [1.165, 1.54) is 0 Å². The maximum Gasteiger partial charge on any atom is 0.425 e. The molecule has 1 saturated carbocycles. The number of piperazine rings is 1. The maximum absolute atomic E-state index is 13.4. The van der Waals surface area contributed by atoms with Crippen molar-refractivity contribution < 1.29 is 22.7 Å². The van der Waals surface area contributed by atoms with Crippen molar-refractivity contribution in [3.8, 4) is 16.9 Å². The van der Waals surface area contributed by atoms with Crippen LogP contribution < -0.4 is 25.6 Å². The fourth-order valence-electron chi connectivity index (χ4n) is 5.16. The molecule has 1 atom stereocenters. The van der Waals surface area contributed by atoms with Crippen molar-refractivity contribution in [1.29, 1.82) is 0 Å². The summed E-state index contributed by atoms with van der Waals surface area (Å²) < 4.78 is 45.5. The molecule has 11 heteroatoms. The third-order valence-electron chi connectivity index (χ3n) is 7.65. The smallest absolute Gasteiger partial charge is 0.425 e. The van der Waals surface area contributed by atoms with Gasteiger partial charge in [-0.25, -0.2) is 0 Å². The largest absolute Gasteiger partial charge is 0.480 e. The summed E-state index contributed by atoms with van der Waals surface area (Å²) in [4.78, 5) is 17.7. The molecule has 1 unspecified atom stereocenters. The van der Waals surface area contributed by atoms with Gasteiger partial charge in [-0.05, 0) is 67.3 Å². The third-order valence-corrected chi connectivity index (χ3v) is 7.65. The van der Waals surface area contributed by atoms with Crippen molar-refractivity contribution in [3.05, 3.63) is 66.2 Å². The molecule has 41 heavy (non-hydrogen) atoms. The van der Waals surface area contributed by atoms with Crippen LogP contribution in [0, 0.1) is 0 Å². The van der Waals surface area contributed by atoms with Crippen molar-refractivity contribution in [2.24, 2.45) is 0 Å². The Kier molecular flexibility index (Phi) is 6.88. The Morgan fingerprint density at radius 3 is 2.41 bits per heavy atom. The first-order chi connectivity index (χ1) is 19.7. The summed E-state index contributed by atoms with van der Waals surface area (Å²) >= 11 is 0. The molecule has 214 valence electrons. The van der Waals surface area contributed by atoms with E-state index in [1.807, 2.05) is 30.3 Å². The van der Waals surface area contributed by atoms with Gasteiger partial charge in [0.1, 0.15) is 5.75 Å². The van der Waals surface area contributed by atoms with E-state index in [-0.39, 0.29) is 23.5 Å². The molecule has 2 fully saturated rings. The summed E-state index contributed by atoms with van der Waals surface area (Å²) in [5.74, 6) is -0.0819. The van der Waals surface area contributed by atoms with Crippen LogP contribution in [0.4, 0.5) is 30.4 Å². The summed E-state index contributed by atoms with van der Waals surface area (Å²) in [7, 11) is 0. The van der Waals surface area contributed by atoms with Crippen LogP contribution in [0.3, 0.4) is 0 Å². The number of nitrogens with zero attached hydrogens (tertiary/aromatic N) is 3.